The van der Waals surface area contributed by atoms with Gasteiger partial charge in [0, 0.05) is 40.2 Å². The van der Waals surface area contributed by atoms with Crippen LogP contribution in [0.25, 0.3) is 0 Å². The minimum absolute atomic E-state index is 0.0358. The van der Waals surface area contributed by atoms with Crippen LogP contribution in [0.5, 0.6) is 0 Å². The first-order valence-corrected chi connectivity index (χ1v) is 5.80. The second-order valence-electron chi connectivity index (χ2n) is 4.30. The molecule has 1 heterocycles. The average Bonchev–Trinajstić information content (AvgIpc) is 2.76. The fourth-order valence-corrected chi connectivity index (χ4v) is 1.67. The van der Waals surface area contributed by atoms with Gasteiger partial charge in [-0.05, 0) is 12.8 Å². The number of amides is 2. The van der Waals surface area contributed by atoms with E-state index < -0.39 is 0 Å². The van der Waals surface area contributed by atoms with Gasteiger partial charge in [0.15, 0.2) is 0 Å². The van der Waals surface area contributed by atoms with Crippen LogP contribution in [0.2, 0.25) is 0 Å². The van der Waals surface area contributed by atoms with Crippen molar-refractivity contribution in [3.8, 4) is 0 Å². The van der Waals surface area contributed by atoms with Crippen molar-refractivity contribution >= 4 is 11.8 Å². The lowest BCUT2D eigenvalue weighted by molar-refractivity contribution is -0.131. The number of carbonyl (C=O) groups is 2. The zero-order chi connectivity index (χ0) is 12.0. The maximum atomic E-state index is 11.6. The van der Waals surface area contributed by atoms with Crippen molar-refractivity contribution in [3.63, 3.8) is 0 Å². The number of hydrogen-bond acceptors (Lipinski definition) is 3. The molecule has 0 bridgehead atoms. The summed E-state index contributed by atoms with van der Waals surface area (Å²) in [6, 6.07) is 0. The van der Waals surface area contributed by atoms with Gasteiger partial charge < -0.3 is 15.1 Å². The van der Waals surface area contributed by atoms with Crippen molar-refractivity contribution in [2.24, 2.45) is 0 Å². The molecule has 0 aromatic heterocycles. The summed E-state index contributed by atoms with van der Waals surface area (Å²) in [5.41, 5.74) is 0. The molecule has 0 spiro atoms. The molecule has 0 unspecified atom stereocenters. The number of nitrogens with zero attached hydrogens (tertiary/aromatic N) is 2. The normalized spacial score (nSPS) is 15.2. The van der Waals surface area contributed by atoms with Gasteiger partial charge in [0.25, 0.3) is 0 Å². The third-order valence-corrected chi connectivity index (χ3v) is 2.75. The van der Waals surface area contributed by atoms with Gasteiger partial charge >= 0.3 is 0 Å². The molecule has 2 amide bonds. The van der Waals surface area contributed by atoms with E-state index >= 15 is 0 Å². The molecule has 0 aromatic rings. The van der Waals surface area contributed by atoms with Crippen molar-refractivity contribution in [3.05, 3.63) is 0 Å². The highest BCUT2D eigenvalue weighted by atomic mass is 16.2. The summed E-state index contributed by atoms with van der Waals surface area (Å²) in [6.45, 7) is 2.68. The fraction of sp³-hybridized carbons (Fsp3) is 0.818. The van der Waals surface area contributed by atoms with Crippen molar-refractivity contribution in [1.82, 2.24) is 15.1 Å². The Kier molecular flexibility index (Phi) is 5.25. The number of likely N-dealkylation sites (tertiary alicyclic amines) is 1. The standard InChI is InChI=1S/C11H21N3O2/c1-13(2)11(16)9-12-6-5-10(15)14-7-3-4-8-14/h12H,3-9H2,1-2H3. The zero-order valence-electron chi connectivity index (χ0n) is 10.2. The van der Waals surface area contributed by atoms with E-state index in [9.17, 15) is 9.59 Å². The molecule has 1 rings (SSSR count). The lowest BCUT2D eigenvalue weighted by atomic mass is 10.3. The van der Waals surface area contributed by atoms with Crippen LogP contribution in [0.1, 0.15) is 19.3 Å². The molecule has 0 saturated carbocycles. The van der Waals surface area contributed by atoms with Crippen molar-refractivity contribution < 1.29 is 9.59 Å². The quantitative estimate of drug-likeness (QED) is 0.655. The molecule has 5 nitrogen and oxygen atoms in total. The summed E-state index contributed by atoms with van der Waals surface area (Å²) in [6.07, 6.45) is 2.73. The van der Waals surface area contributed by atoms with Crippen LogP contribution >= 0.6 is 0 Å². The highest BCUT2D eigenvalue weighted by Gasteiger charge is 2.16. The molecular formula is C11H21N3O2. The molecule has 1 saturated heterocycles. The molecule has 92 valence electrons. The summed E-state index contributed by atoms with van der Waals surface area (Å²) < 4.78 is 0. The Labute approximate surface area is 96.8 Å². The van der Waals surface area contributed by atoms with E-state index in [1.807, 2.05) is 4.90 Å². The lowest BCUT2D eigenvalue weighted by Crippen LogP contribution is -2.35. The van der Waals surface area contributed by atoms with Crippen LogP contribution in [-0.2, 0) is 9.59 Å². The Morgan fingerprint density at radius 1 is 1.25 bits per heavy atom. The number of likely N-dealkylation sites (N-methyl/N-ethyl adjacent to an activating group) is 1. The third kappa shape index (κ3) is 4.18. The number of carbonyl (C=O) groups excluding carboxylic acids is 2. The summed E-state index contributed by atoms with van der Waals surface area (Å²) in [7, 11) is 3.44. The highest BCUT2D eigenvalue weighted by Crippen LogP contribution is 2.08. The molecule has 1 N–H and O–H groups in total. The van der Waals surface area contributed by atoms with E-state index in [-0.39, 0.29) is 11.8 Å². The van der Waals surface area contributed by atoms with Gasteiger partial charge in [0.1, 0.15) is 0 Å². The van der Waals surface area contributed by atoms with Gasteiger partial charge in [-0.3, -0.25) is 9.59 Å². The van der Waals surface area contributed by atoms with E-state index in [0.717, 1.165) is 25.9 Å². The summed E-state index contributed by atoms with van der Waals surface area (Å²) in [4.78, 5) is 26.3. The largest absolute Gasteiger partial charge is 0.348 e. The van der Waals surface area contributed by atoms with Crippen LogP contribution < -0.4 is 5.32 Å². The molecule has 1 aliphatic heterocycles. The Balaban J connectivity index is 2.06. The SMILES string of the molecule is CN(C)C(=O)CNCCC(=O)N1CCCC1. The van der Waals surface area contributed by atoms with Gasteiger partial charge in [0.2, 0.25) is 11.8 Å². The van der Waals surface area contributed by atoms with Crippen molar-refractivity contribution in [2.75, 3.05) is 40.3 Å². The topological polar surface area (TPSA) is 52.7 Å². The number of nitrogens with one attached hydrogen (secondary N) is 1. The maximum Gasteiger partial charge on any atom is 0.236 e. The van der Waals surface area contributed by atoms with Crippen molar-refractivity contribution in [1.29, 1.82) is 0 Å². The first-order valence-electron chi connectivity index (χ1n) is 5.80. The van der Waals surface area contributed by atoms with Gasteiger partial charge in [-0.15, -0.1) is 0 Å². The van der Waals surface area contributed by atoms with E-state index in [4.69, 9.17) is 0 Å². The van der Waals surface area contributed by atoms with Gasteiger partial charge in [-0.25, -0.2) is 0 Å². The molecule has 5 heteroatoms. The molecule has 0 atom stereocenters. The number of rotatable bonds is 5. The Hall–Kier alpha value is -1.10. The fourth-order valence-electron chi connectivity index (χ4n) is 1.67. The minimum atomic E-state index is 0.0358. The van der Waals surface area contributed by atoms with Crippen molar-refractivity contribution in [2.45, 2.75) is 19.3 Å². The summed E-state index contributed by atoms with van der Waals surface area (Å²) in [5, 5.41) is 2.98. The van der Waals surface area contributed by atoms with E-state index in [1.165, 1.54) is 4.90 Å². The average molecular weight is 227 g/mol. The molecule has 0 radical (unpaired) electrons. The summed E-state index contributed by atoms with van der Waals surface area (Å²) in [5.74, 6) is 0.232. The lowest BCUT2D eigenvalue weighted by Gasteiger charge is -2.15. The van der Waals surface area contributed by atoms with Crippen LogP contribution in [-0.4, -0.2) is 61.9 Å². The first kappa shape index (κ1) is 13.0. The molecule has 0 aromatic carbocycles. The van der Waals surface area contributed by atoms with Crippen LogP contribution in [0.4, 0.5) is 0 Å². The Morgan fingerprint density at radius 3 is 2.44 bits per heavy atom. The minimum Gasteiger partial charge on any atom is -0.348 e. The van der Waals surface area contributed by atoms with Crippen LogP contribution in [0, 0.1) is 0 Å². The molecule has 1 fully saturated rings. The van der Waals surface area contributed by atoms with E-state index in [2.05, 4.69) is 5.32 Å². The van der Waals surface area contributed by atoms with Crippen LogP contribution in [0.15, 0.2) is 0 Å². The van der Waals surface area contributed by atoms with E-state index in [1.54, 1.807) is 14.1 Å². The monoisotopic (exact) mass is 227 g/mol. The predicted molar refractivity (Wildman–Crippen MR) is 62.0 cm³/mol. The molecule has 16 heavy (non-hydrogen) atoms. The Morgan fingerprint density at radius 2 is 1.88 bits per heavy atom. The van der Waals surface area contributed by atoms with Gasteiger partial charge in [0.05, 0.1) is 6.54 Å². The smallest absolute Gasteiger partial charge is 0.236 e. The third-order valence-electron chi connectivity index (χ3n) is 2.75. The molecular weight excluding hydrogens is 206 g/mol. The second kappa shape index (κ2) is 6.48. The maximum absolute atomic E-state index is 11.6. The first-order chi connectivity index (χ1) is 7.61. The predicted octanol–water partition coefficient (Wildman–Crippen LogP) is -0.323. The Bertz CT molecular complexity index is 248. The van der Waals surface area contributed by atoms with E-state index in [0.29, 0.717) is 19.5 Å². The highest BCUT2D eigenvalue weighted by molar-refractivity contribution is 5.78. The summed E-state index contributed by atoms with van der Waals surface area (Å²) >= 11 is 0. The van der Waals surface area contributed by atoms with Crippen LogP contribution in [0.3, 0.4) is 0 Å². The van der Waals surface area contributed by atoms with Gasteiger partial charge in [-0.1, -0.05) is 0 Å². The molecule has 1 aliphatic rings. The number of hydrogen-bond donors (Lipinski definition) is 1. The molecule has 0 aliphatic carbocycles. The zero-order valence-corrected chi connectivity index (χ0v) is 10.2. The van der Waals surface area contributed by atoms with Gasteiger partial charge in [-0.2, -0.15) is 0 Å². The second-order valence-corrected chi connectivity index (χ2v) is 4.30.